The number of hydrogen-bond acceptors (Lipinski definition) is 3. The molecule has 4 heteroatoms. The van der Waals surface area contributed by atoms with Gasteiger partial charge in [0.05, 0.1) is 4.92 Å². The summed E-state index contributed by atoms with van der Waals surface area (Å²) in [4.78, 5) is 10.7. The molecule has 0 amide bonds. The minimum atomic E-state index is -0.372. The molecule has 0 aliphatic rings. The first kappa shape index (κ1) is 24.6. The molecule has 1 heterocycles. The molecule has 206 valence electrons. The maximum Gasteiger partial charge on any atom is 0.269 e. The predicted molar refractivity (Wildman–Crippen MR) is 181 cm³/mol. The average Bonchev–Trinajstić information content (AvgIpc) is 3.46. The maximum atomic E-state index is 11.0. The molecule has 0 spiro atoms. The third-order valence-electron chi connectivity index (χ3n) is 8.93. The van der Waals surface area contributed by atoms with Gasteiger partial charge in [0.1, 0.15) is 11.2 Å². The Morgan fingerprint density at radius 1 is 0.455 bits per heavy atom. The van der Waals surface area contributed by atoms with E-state index in [-0.39, 0.29) is 10.6 Å². The van der Waals surface area contributed by atoms with Crippen LogP contribution < -0.4 is 0 Å². The Balaban J connectivity index is 1.20. The average molecular weight is 566 g/mol. The molecule has 0 aliphatic carbocycles. The van der Waals surface area contributed by atoms with Crippen LogP contribution in [0.3, 0.4) is 0 Å². The standard InChI is InChI=1S/C40H23NO3/c42-41(43)30-16-13-24(14-17-30)25-9-10-27-22-28(12-11-26(27)21-25)29-15-18-32-35-19-20-36-33-6-3-4-8-38(33)44-40(36)39(35)34-7-2-1-5-31(34)37(32)23-29/h1-23H. The van der Waals surface area contributed by atoms with Crippen molar-refractivity contribution in [1.29, 1.82) is 0 Å². The van der Waals surface area contributed by atoms with Crippen LogP contribution >= 0.6 is 0 Å². The number of rotatable bonds is 3. The quantitative estimate of drug-likeness (QED) is 0.122. The van der Waals surface area contributed by atoms with Crippen LogP contribution in [0.5, 0.6) is 0 Å². The van der Waals surface area contributed by atoms with Gasteiger partial charge in [0.2, 0.25) is 0 Å². The number of para-hydroxylation sites is 1. The summed E-state index contributed by atoms with van der Waals surface area (Å²) in [5.41, 5.74) is 6.24. The second-order valence-corrected chi connectivity index (χ2v) is 11.3. The van der Waals surface area contributed by atoms with E-state index in [1.165, 1.54) is 26.9 Å². The van der Waals surface area contributed by atoms with Crippen LogP contribution in [0, 0.1) is 10.1 Å². The smallest absolute Gasteiger partial charge is 0.269 e. The molecule has 9 aromatic rings. The van der Waals surface area contributed by atoms with Crippen molar-refractivity contribution in [2.24, 2.45) is 0 Å². The van der Waals surface area contributed by atoms with Crippen molar-refractivity contribution in [3.05, 3.63) is 150 Å². The minimum absolute atomic E-state index is 0.0955. The van der Waals surface area contributed by atoms with Gasteiger partial charge in [0.25, 0.3) is 5.69 Å². The second kappa shape index (κ2) is 9.25. The molecule has 44 heavy (non-hydrogen) atoms. The summed E-state index contributed by atoms with van der Waals surface area (Å²) >= 11 is 0. The molecule has 0 N–H and O–H groups in total. The Labute approximate surface area is 251 Å². The Morgan fingerprint density at radius 2 is 0.977 bits per heavy atom. The highest BCUT2D eigenvalue weighted by Crippen LogP contribution is 2.43. The molecular weight excluding hydrogens is 542 g/mol. The van der Waals surface area contributed by atoms with E-state index in [9.17, 15) is 10.1 Å². The van der Waals surface area contributed by atoms with Crippen LogP contribution in [0.25, 0.3) is 87.3 Å². The minimum Gasteiger partial charge on any atom is -0.455 e. The van der Waals surface area contributed by atoms with Crippen LogP contribution in [0.1, 0.15) is 0 Å². The number of nitrogens with zero attached hydrogens (tertiary/aromatic N) is 1. The van der Waals surface area contributed by atoms with Crippen LogP contribution in [0.2, 0.25) is 0 Å². The summed E-state index contributed by atoms with van der Waals surface area (Å²) in [5, 5.41) is 22.8. The third-order valence-corrected chi connectivity index (χ3v) is 8.93. The van der Waals surface area contributed by atoms with Crippen molar-refractivity contribution in [2.75, 3.05) is 0 Å². The molecule has 0 saturated carbocycles. The third kappa shape index (κ3) is 3.64. The lowest BCUT2D eigenvalue weighted by Gasteiger charge is -2.13. The first-order chi connectivity index (χ1) is 21.6. The summed E-state index contributed by atoms with van der Waals surface area (Å²) in [6, 6.07) is 47.7. The van der Waals surface area contributed by atoms with Gasteiger partial charge in [-0.2, -0.15) is 0 Å². The van der Waals surface area contributed by atoms with E-state index in [2.05, 4.69) is 103 Å². The largest absolute Gasteiger partial charge is 0.455 e. The fraction of sp³-hybridized carbons (Fsp3) is 0. The number of nitro benzene ring substituents is 1. The second-order valence-electron chi connectivity index (χ2n) is 11.3. The van der Waals surface area contributed by atoms with Crippen molar-refractivity contribution in [2.45, 2.75) is 0 Å². The topological polar surface area (TPSA) is 56.3 Å². The van der Waals surface area contributed by atoms with E-state index in [1.54, 1.807) is 24.3 Å². The van der Waals surface area contributed by atoms with E-state index >= 15 is 0 Å². The van der Waals surface area contributed by atoms with Crippen LogP contribution in [-0.4, -0.2) is 4.92 Å². The van der Waals surface area contributed by atoms with Crippen molar-refractivity contribution in [3.63, 3.8) is 0 Å². The van der Waals surface area contributed by atoms with Crippen molar-refractivity contribution >= 4 is 70.7 Å². The van der Waals surface area contributed by atoms with E-state index in [0.717, 1.165) is 60.4 Å². The van der Waals surface area contributed by atoms with Gasteiger partial charge in [-0.1, -0.05) is 84.9 Å². The zero-order chi connectivity index (χ0) is 29.4. The molecule has 0 atom stereocenters. The molecule has 8 aromatic carbocycles. The number of fused-ring (bicyclic) bond motifs is 11. The van der Waals surface area contributed by atoms with Crippen LogP contribution in [-0.2, 0) is 0 Å². The Morgan fingerprint density at radius 3 is 1.73 bits per heavy atom. The van der Waals surface area contributed by atoms with Crippen molar-refractivity contribution < 1.29 is 9.34 Å². The number of benzene rings is 8. The highest BCUT2D eigenvalue weighted by Gasteiger charge is 2.16. The monoisotopic (exact) mass is 565 g/mol. The predicted octanol–water partition coefficient (Wildman–Crippen LogP) is 11.4. The molecule has 4 nitrogen and oxygen atoms in total. The first-order valence-electron chi connectivity index (χ1n) is 14.6. The SMILES string of the molecule is O=[N+]([O-])c1ccc(-c2ccc3cc(-c4ccc5c(c4)c4ccccc4c4c5ccc5c6ccccc6oc54)ccc3c2)cc1. The number of nitro groups is 1. The van der Waals surface area contributed by atoms with Crippen LogP contribution in [0.15, 0.2) is 144 Å². The van der Waals surface area contributed by atoms with Gasteiger partial charge in [0, 0.05) is 28.3 Å². The molecule has 0 radical (unpaired) electrons. The highest BCUT2D eigenvalue weighted by atomic mass is 16.6. The van der Waals surface area contributed by atoms with E-state index in [4.69, 9.17) is 4.42 Å². The highest BCUT2D eigenvalue weighted by molar-refractivity contribution is 6.32. The lowest BCUT2D eigenvalue weighted by atomic mass is 9.90. The number of non-ortho nitro benzene ring substituents is 1. The lowest BCUT2D eigenvalue weighted by Crippen LogP contribution is -1.87. The zero-order valence-corrected chi connectivity index (χ0v) is 23.5. The van der Waals surface area contributed by atoms with Gasteiger partial charge in [-0.05, 0) is 102 Å². The Kier molecular flexibility index (Phi) is 5.17. The molecular formula is C40H23NO3. The summed E-state index contributed by atoms with van der Waals surface area (Å²) in [6.07, 6.45) is 0. The molecule has 0 saturated heterocycles. The molecule has 9 rings (SSSR count). The van der Waals surface area contributed by atoms with Gasteiger partial charge in [-0.25, -0.2) is 0 Å². The molecule has 0 aliphatic heterocycles. The van der Waals surface area contributed by atoms with Crippen molar-refractivity contribution in [3.8, 4) is 22.3 Å². The van der Waals surface area contributed by atoms with Gasteiger partial charge in [-0.3, -0.25) is 10.1 Å². The van der Waals surface area contributed by atoms with Crippen LogP contribution in [0.4, 0.5) is 5.69 Å². The normalized spacial score (nSPS) is 11.8. The number of furan rings is 1. The first-order valence-corrected chi connectivity index (χ1v) is 14.6. The summed E-state index contributed by atoms with van der Waals surface area (Å²) in [5.74, 6) is 0. The van der Waals surface area contributed by atoms with E-state index in [0.29, 0.717) is 0 Å². The zero-order valence-electron chi connectivity index (χ0n) is 23.5. The summed E-state index contributed by atoms with van der Waals surface area (Å²) in [6.45, 7) is 0. The Bertz CT molecular complexity index is 2610. The van der Waals surface area contributed by atoms with Gasteiger partial charge < -0.3 is 4.42 Å². The fourth-order valence-corrected chi connectivity index (χ4v) is 6.78. The molecule has 1 aromatic heterocycles. The van der Waals surface area contributed by atoms with Gasteiger partial charge >= 0.3 is 0 Å². The maximum absolute atomic E-state index is 11.0. The lowest BCUT2D eigenvalue weighted by molar-refractivity contribution is -0.384. The van der Waals surface area contributed by atoms with E-state index in [1.807, 2.05) is 12.1 Å². The summed E-state index contributed by atoms with van der Waals surface area (Å²) in [7, 11) is 0. The summed E-state index contributed by atoms with van der Waals surface area (Å²) < 4.78 is 6.48. The molecule has 0 bridgehead atoms. The fourth-order valence-electron chi connectivity index (χ4n) is 6.78. The van der Waals surface area contributed by atoms with E-state index < -0.39 is 0 Å². The Hall–Kier alpha value is -6.00. The van der Waals surface area contributed by atoms with Crippen molar-refractivity contribution in [1.82, 2.24) is 0 Å². The molecule has 0 fully saturated rings. The number of hydrogen-bond donors (Lipinski definition) is 0. The molecule has 0 unspecified atom stereocenters. The van der Waals surface area contributed by atoms with Gasteiger partial charge in [-0.15, -0.1) is 0 Å². The van der Waals surface area contributed by atoms with Gasteiger partial charge in [0.15, 0.2) is 0 Å².